The number of alkyl halides is 3. The minimum absolute atomic E-state index is 0.0458. The number of hydrogen-bond donors (Lipinski definition) is 2. The molecule has 25 heavy (non-hydrogen) atoms. The summed E-state index contributed by atoms with van der Waals surface area (Å²) in [7, 11) is 0. The van der Waals surface area contributed by atoms with Crippen molar-refractivity contribution in [2.75, 3.05) is 11.5 Å². The molecule has 0 spiro atoms. The highest BCUT2D eigenvalue weighted by atomic mass is 19.4. The van der Waals surface area contributed by atoms with Gasteiger partial charge in [-0.15, -0.1) is 0 Å². The molecule has 0 aliphatic rings. The van der Waals surface area contributed by atoms with Gasteiger partial charge in [0.15, 0.2) is 0 Å². The second-order valence-electron chi connectivity index (χ2n) is 4.99. The summed E-state index contributed by atoms with van der Waals surface area (Å²) in [5, 5.41) is 0. The smallest absolute Gasteiger partial charge is 0.433 e. The topological polar surface area (TPSA) is 99.9 Å². The summed E-state index contributed by atoms with van der Waals surface area (Å²) in [5.74, 6) is -0.247. The first-order valence-corrected chi connectivity index (χ1v) is 7.04. The standard InChI is InChI=1S/C16H12F3N5O/c17-16(18,19)11-8-10(6-7-22-11)25-14-12(9-4-2-1-3-5-9)13(20)23-15(21)24-14/h1-8H,(H4,20,21,23,24). The molecule has 9 heteroatoms. The lowest BCUT2D eigenvalue weighted by molar-refractivity contribution is -0.141. The van der Waals surface area contributed by atoms with Gasteiger partial charge in [-0.2, -0.15) is 23.1 Å². The number of aromatic nitrogens is 3. The molecule has 128 valence electrons. The van der Waals surface area contributed by atoms with Crippen molar-refractivity contribution >= 4 is 11.8 Å². The van der Waals surface area contributed by atoms with Crippen LogP contribution in [0.25, 0.3) is 11.1 Å². The van der Waals surface area contributed by atoms with Crippen LogP contribution in [0.15, 0.2) is 48.7 Å². The Hall–Kier alpha value is -3.36. The van der Waals surface area contributed by atoms with Crippen LogP contribution in [0, 0.1) is 0 Å². The van der Waals surface area contributed by atoms with Crippen LogP contribution in [-0.2, 0) is 6.18 Å². The largest absolute Gasteiger partial charge is 0.438 e. The van der Waals surface area contributed by atoms with Gasteiger partial charge in [0, 0.05) is 12.3 Å². The second-order valence-corrected chi connectivity index (χ2v) is 4.99. The van der Waals surface area contributed by atoms with Gasteiger partial charge in [0.2, 0.25) is 11.8 Å². The van der Waals surface area contributed by atoms with Gasteiger partial charge in [0.25, 0.3) is 0 Å². The van der Waals surface area contributed by atoms with Crippen LogP contribution in [0.5, 0.6) is 11.6 Å². The van der Waals surface area contributed by atoms with Crippen LogP contribution < -0.4 is 16.2 Å². The molecular formula is C16H12F3N5O. The van der Waals surface area contributed by atoms with E-state index in [2.05, 4.69) is 15.0 Å². The Bertz CT molecular complexity index is 900. The Morgan fingerprint density at radius 3 is 2.36 bits per heavy atom. The first kappa shape index (κ1) is 16.5. The van der Waals surface area contributed by atoms with Gasteiger partial charge in [-0.1, -0.05) is 30.3 Å². The zero-order valence-electron chi connectivity index (χ0n) is 12.7. The van der Waals surface area contributed by atoms with Gasteiger partial charge in [0.05, 0.1) is 5.56 Å². The fraction of sp³-hybridized carbons (Fsp3) is 0.0625. The van der Waals surface area contributed by atoms with Gasteiger partial charge in [0.1, 0.15) is 17.3 Å². The van der Waals surface area contributed by atoms with Crippen molar-refractivity contribution in [2.45, 2.75) is 6.18 Å². The Morgan fingerprint density at radius 1 is 0.960 bits per heavy atom. The van der Waals surface area contributed by atoms with E-state index in [0.717, 1.165) is 12.3 Å². The highest BCUT2D eigenvalue weighted by molar-refractivity contribution is 5.79. The maximum atomic E-state index is 12.8. The first-order chi connectivity index (χ1) is 11.8. The maximum Gasteiger partial charge on any atom is 0.433 e. The molecule has 6 nitrogen and oxygen atoms in total. The van der Waals surface area contributed by atoms with E-state index in [1.807, 2.05) is 0 Å². The number of ether oxygens (including phenoxy) is 1. The summed E-state index contributed by atoms with van der Waals surface area (Å²) in [6.45, 7) is 0. The zero-order valence-corrected chi connectivity index (χ0v) is 12.7. The number of halogens is 3. The molecule has 0 saturated heterocycles. The van der Waals surface area contributed by atoms with Crippen LogP contribution >= 0.6 is 0 Å². The number of nitrogens with two attached hydrogens (primary N) is 2. The maximum absolute atomic E-state index is 12.8. The Kier molecular flexibility index (Phi) is 4.14. The lowest BCUT2D eigenvalue weighted by Gasteiger charge is -2.13. The van der Waals surface area contributed by atoms with Crippen molar-refractivity contribution in [1.82, 2.24) is 15.0 Å². The molecule has 2 aromatic heterocycles. The molecule has 0 aliphatic carbocycles. The number of benzene rings is 1. The van der Waals surface area contributed by atoms with Crippen molar-refractivity contribution in [3.05, 3.63) is 54.4 Å². The van der Waals surface area contributed by atoms with Crippen molar-refractivity contribution in [2.24, 2.45) is 0 Å². The first-order valence-electron chi connectivity index (χ1n) is 7.04. The lowest BCUT2D eigenvalue weighted by atomic mass is 10.1. The molecule has 0 bridgehead atoms. The number of nitrogen functional groups attached to an aromatic ring is 2. The van der Waals surface area contributed by atoms with Crippen LogP contribution in [-0.4, -0.2) is 15.0 Å². The minimum Gasteiger partial charge on any atom is -0.438 e. The Balaban J connectivity index is 2.06. The zero-order chi connectivity index (χ0) is 18.0. The summed E-state index contributed by atoms with van der Waals surface area (Å²) in [6.07, 6.45) is -3.60. The monoisotopic (exact) mass is 347 g/mol. The van der Waals surface area contributed by atoms with Crippen molar-refractivity contribution in [3.8, 4) is 22.8 Å². The fourth-order valence-electron chi connectivity index (χ4n) is 2.17. The van der Waals surface area contributed by atoms with Crippen LogP contribution in [0.4, 0.5) is 24.9 Å². The predicted molar refractivity (Wildman–Crippen MR) is 85.6 cm³/mol. The second kappa shape index (κ2) is 6.27. The minimum atomic E-state index is -4.59. The number of anilines is 2. The molecule has 0 unspecified atom stereocenters. The SMILES string of the molecule is Nc1nc(N)c(-c2ccccc2)c(Oc2ccnc(C(F)(F)F)c2)n1. The number of pyridine rings is 1. The van der Waals surface area contributed by atoms with E-state index >= 15 is 0 Å². The molecule has 4 N–H and O–H groups in total. The normalized spacial score (nSPS) is 11.3. The van der Waals surface area contributed by atoms with Gasteiger partial charge in [-0.3, -0.25) is 4.98 Å². The molecule has 3 rings (SSSR count). The van der Waals surface area contributed by atoms with E-state index in [4.69, 9.17) is 16.2 Å². The van der Waals surface area contributed by atoms with Gasteiger partial charge in [-0.25, -0.2) is 0 Å². The van der Waals surface area contributed by atoms with Crippen LogP contribution in [0.2, 0.25) is 0 Å². The van der Waals surface area contributed by atoms with E-state index in [1.54, 1.807) is 30.3 Å². The predicted octanol–water partition coefficient (Wildman–Crippen LogP) is 3.51. The van der Waals surface area contributed by atoms with E-state index in [-0.39, 0.29) is 23.4 Å². The molecule has 0 radical (unpaired) electrons. The third-order valence-electron chi connectivity index (χ3n) is 3.22. The molecule has 1 aromatic carbocycles. The van der Waals surface area contributed by atoms with Crippen LogP contribution in [0.3, 0.4) is 0 Å². The number of hydrogen-bond acceptors (Lipinski definition) is 6. The van der Waals surface area contributed by atoms with Gasteiger partial charge >= 0.3 is 6.18 Å². The summed E-state index contributed by atoms with van der Waals surface area (Å²) < 4.78 is 43.9. The van der Waals surface area contributed by atoms with Crippen molar-refractivity contribution in [3.63, 3.8) is 0 Å². The quantitative estimate of drug-likeness (QED) is 0.752. The molecule has 0 aliphatic heterocycles. The molecule has 2 heterocycles. The molecule has 0 saturated carbocycles. The van der Waals surface area contributed by atoms with Gasteiger partial charge < -0.3 is 16.2 Å². The average molecular weight is 347 g/mol. The summed E-state index contributed by atoms with van der Waals surface area (Å²) in [5.41, 5.74) is 11.4. The summed E-state index contributed by atoms with van der Waals surface area (Å²) in [4.78, 5) is 11.1. The molecular weight excluding hydrogens is 335 g/mol. The van der Waals surface area contributed by atoms with Crippen molar-refractivity contribution < 1.29 is 17.9 Å². The average Bonchev–Trinajstić information content (AvgIpc) is 2.54. The van der Waals surface area contributed by atoms with E-state index in [0.29, 0.717) is 11.1 Å². The highest BCUT2D eigenvalue weighted by Crippen LogP contribution is 2.37. The van der Waals surface area contributed by atoms with Crippen LogP contribution in [0.1, 0.15) is 5.69 Å². The number of nitrogens with zero attached hydrogens (tertiary/aromatic N) is 3. The number of rotatable bonds is 3. The molecule has 0 fully saturated rings. The van der Waals surface area contributed by atoms with Crippen molar-refractivity contribution in [1.29, 1.82) is 0 Å². The summed E-state index contributed by atoms with van der Waals surface area (Å²) in [6, 6.07) is 10.9. The van der Waals surface area contributed by atoms with E-state index in [1.165, 1.54) is 6.07 Å². The molecule has 0 atom stereocenters. The third-order valence-corrected chi connectivity index (χ3v) is 3.22. The summed E-state index contributed by atoms with van der Waals surface area (Å²) >= 11 is 0. The van der Waals surface area contributed by atoms with E-state index < -0.39 is 11.9 Å². The Labute approximate surface area is 140 Å². The fourth-order valence-corrected chi connectivity index (χ4v) is 2.17. The van der Waals surface area contributed by atoms with Gasteiger partial charge in [-0.05, 0) is 11.6 Å². The lowest BCUT2D eigenvalue weighted by Crippen LogP contribution is -2.08. The van der Waals surface area contributed by atoms with E-state index in [9.17, 15) is 13.2 Å². The third kappa shape index (κ3) is 3.60. The molecule has 0 amide bonds. The molecule has 3 aromatic rings. The highest BCUT2D eigenvalue weighted by Gasteiger charge is 2.32. The Morgan fingerprint density at radius 2 is 1.68 bits per heavy atom.